The molecule has 0 saturated carbocycles. The third kappa shape index (κ3) is 4.20. The van der Waals surface area contributed by atoms with Gasteiger partial charge in [-0.3, -0.25) is 0 Å². The van der Waals surface area contributed by atoms with Crippen molar-refractivity contribution in [2.24, 2.45) is 0 Å². The lowest BCUT2D eigenvalue weighted by Gasteiger charge is -2.21. The van der Waals surface area contributed by atoms with Crippen molar-refractivity contribution < 1.29 is 17.9 Å². The molecule has 2 N–H and O–H groups in total. The number of nitrogens with zero attached hydrogens (tertiary/aromatic N) is 2. The van der Waals surface area contributed by atoms with Gasteiger partial charge in [-0.1, -0.05) is 0 Å². The van der Waals surface area contributed by atoms with Gasteiger partial charge in [0.25, 0.3) is 0 Å². The monoisotopic (exact) mass is 304 g/mol. The Morgan fingerprint density at radius 3 is 2.76 bits per heavy atom. The van der Waals surface area contributed by atoms with Crippen LogP contribution < -0.4 is 10.6 Å². The molecule has 0 spiro atoms. The summed E-state index contributed by atoms with van der Waals surface area (Å²) in [5, 5.41) is 5.69. The minimum absolute atomic E-state index is 0.00288. The van der Waals surface area contributed by atoms with Crippen molar-refractivity contribution in [1.82, 2.24) is 9.97 Å². The molecule has 1 aromatic heterocycles. The Balaban J connectivity index is 2.18. The lowest BCUT2D eigenvalue weighted by Crippen LogP contribution is -2.30. The highest BCUT2D eigenvalue weighted by Crippen LogP contribution is 2.30. The topological polar surface area (TPSA) is 59.1 Å². The van der Waals surface area contributed by atoms with Crippen LogP contribution in [0.3, 0.4) is 0 Å². The molecule has 0 aromatic carbocycles. The van der Waals surface area contributed by atoms with E-state index in [4.69, 9.17) is 4.74 Å². The molecule has 1 aliphatic heterocycles. The number of nitrogens with one attached hydrogen (secondary N) is 2. The molecule has 2 atom stereocenters. The summed E-state index contributed by atoms with van der Waals surface area (Å²) in [6.07, 6.45) is -2.64. The molecule has 21 heavy (non-hydrogen) atoms. The van der Waals surface area contributed by atoms with E-state index in [0.29, 0.717) is 13.2 Å². The number of ether oxygens (including phenoxy) is 1. The Morgan fingerprint density at radius 1 is 1.43 bits per heavy atom. The average Bonchev–Trinajstić information content (AvgIpc) is 2.91. The summed E-state index contributed by atoms with van der Waals surface area (Å²) in [7, 11) is 0. The van der Waals surface area contributed by atoms with Crippen LogP contribution in [0.2, 0.25) is 0 Å². The normalized spacial score (nSPS) is 20.3. The highest BCUT2D eigenvalue weighted by atomic mass is 19.4. The van der Waals surface area contributed by atoms with Crippen molar-refractivity contribution in [2.75, 3.05) is 23.8 Å². The van der Waals surface area contributed by atoms with Crippen LogP contribution in [0.4, 0.5) is 24.9 Å². The summed E-state index contributed by atoms with van der Waals surface area (Å²) in [4.78, 5) is 7.54. The quantitative estimate of drug-likeness (QED) is 0.876. The summed E-state index contributed by atoms with van der Waals surface area (Å²) < 4.78 is 44.1. The van der Waals surface area contributed by atoms with E-state index in [9.17, 15) is 13.2 Å². The SMILES string of the molecule is CCNc1nc(NC(C)C2CCCO2)cc(C(F)(F)F)n1. The third-order valence-electron chi connectivity index (χ3n) is 3.25. The van der Waals surface area contributed by atoms with E-state index in [1.54, 1.807) is 6.92 Å². The van der Waals surface area contributed by atoms with Crippen molar-refractivity contribution in [2.45, 2.75) is 45.0 Å². The fraction of sp³-hybridized carbons (Fsp3) is 0.692. The molecule has 1 aliphatic rings. The minimum atomic E-state index is -4.50. The molecule has 118 valence electrons. The van der Waals surface area contributed by atoms with E-state index >= 15 is 0 Å². The molecule has 5 nitrogen and oxygen atoms in total. The van der Waals surface area contributed by atoms with Gasteiger partial charge in [-0.2, -0.15) is 18.2 Å². The number of anilines is 2. The van der Waals surface area contributed by atoms with E-state index < -0.39 is 11.9 Å². The zero-order valence-corrected chi connectivity index (χ0v) is 12.0. The van der Waals surface area contributed by atoms with Gasteiger partial charge >= 0.3 is 6.18 Å². The molecule has 0 bridgehead atoms. The van der Waals surface area contributed by atoms with Gasteiger partial charge in [-0.25, -0.2) is 4.98 Å². The maximum atomic E-state index is 12.9. The molecule has 0 radical (unpaired) electrons. The van der Waals surface area contributed by atoms with Gasteiger partial charge in [0.1, 0.15) is 5.82 Å². The fourth-order valence-corrected chi connectivity index (χ4v) is 2.23. The molecular formula is C13H19F3N4O. The number of rotatable bonds is 5. The third-order valence-corrected chi connectivity index (χ3v) is 3.25. The number of hydrogen-bond donors (Lipinski definition) is 2. The summed E-state index contributed by atoms with van der Waals surface area (Å²) in [5.74, 6) is 0.116. The van der Waals surface area contributed by atoms with Crippen LogP contribution in [0, 0.1) is 0 Å². The van der Waals surface area contributed by atoms with Gasteiger partial charge in [0.15, 0.2) is 5.69 Å². The Hall–Kier alpha value is -1.57. The summed E-state index contributed by atoms with van der Waals surface area (Å²) in [5.41, 5.74) is -0.963. The number of hydrogen-bond acceptors (Lipinski definition) is 5. The maximum absolute atomic E-state index is 12.9. The molecule has 0 amide bonds. The van der Waals surface area contributed by atoms with Crippen LogP contribution in [0.25, 0.3) is 0 Å². The van der Waals surface area contributed by atoms with E-state index in [0.717, 1.165) is 18.9 Å². The van der Waals surface area contributed by atoms with Gasteiger partial charge < -0.3 is 15.4 Å². The zero-order valence-electron chi connectivity index (χ0n) is 12.0. The van der Waals surface area contributed by atoms with Crippen molar-refractivity contribution in [3.05, 3.63) is 11.8 Å². The van der Waals surface area contributed by atoms with Crippen LogP contribution >= 0.6 is 0 Å². The van der Waals surface area contributed by atoms with Crippen LogP contribution in [0.15, 0.2) is 6.07 Å². The summed E-state index contributed by atoms with van der Waals surface area (Å²) in [6, 6.07) is 0.810. The van der Waals surface area contributed by atoms with Gasteiger partial charge in [0.2, 0.25) is 5.95 Å². The second-order valence-electron chi connectivity index (χ2n) is 4.97. The predicted molar refractivity (Wildman–Crippen MR) is 73.3 cm³/mol. The first kappa shape index (κ1) is 15.8. The van der Waals surface area contributed by atoms with Crippen LogP contribution in [-0.2, 0) is 10.9 Å². The van der Waals surface area contributed by atoms with Gasteiger partial charge in [0.05, 0.1) is 12.1 Å². The van der Waals surface area contributed by atoms with E-state index in [1.807, 2.05) is 6.92 Å². The first-order valence-electron chi connectivity index (χ1n) is 6.98. The average molecular weight is 304 g/mol. The molecule has 1 fully saturated rings. The molecule has 2 heterocycles. The highest BCUT2D eigenvalue weighted by molar-refractivity contribution is 5.44. The van der Waals surface area contributed by atoms with E-state index in [2.05, 4.69) is 20.6 Å². The van der Waals surface area contributed by atoms with Gasteiger partial charge in [-0.15, -0.1) is 0 Å². The Bertz CT molecular complexity index is 475. The van der Waals surface area contributed by atoms with Gasteiger partial charge in [0, 0.05) is 19.2 Å². The van der Waals surface area contributed by atoms with Crippen molar-refractivity contribution >= 4 is 11.8 Å². The van der Waals surface area contributed by atoms with E-state index in [-0.39, 0.29) is 23.9 Å². The Kier molecular flexibility index (Phi) is 4.87. The second kappa shape index (κ2) is 6.46. The van der Waals surface area contributed by atoms with Crippen molar-refractivity contribution in [1.29, 1.82) is 0 Å². The molecule has 1 aromatic rings. The number of aromatic nitrogens is 2. The first-order chi connectivity index (χ1) is 9.90. The molecule has 1 saturated heterocycles. The van der Waals surface area contributed by atoms with Crippen LogP contribution in [0.5, 0.6) is 0 Å². The number of alkyl halides is 3. The summed E-state index contributed by atoms with van der Waals surface area (Å²) in [6.45, 7) is 4.78. The molecule has 2 rings (SSSR count). The predicted octanol–water partition coefficient (Wildman–Crippen LogP) is 2.91. The molecule has 2 unspecified atom stereocenters. The standard InChI is InChI=1S/C13H19F3N4O/c1-3-17-12-19-10(13(14,15)16)7-11(20-12)18-8(2)9-5-4-6-21-9/h7-9H,3-6H2,1-2H3,(H2,17,18,19,20). The fourth-order valence-electron chi connectivity index (χ4n) is 2.23. The molecular weight excluding hydrogens is 285 g/mol. The smallest absolute Gasteiger partial charge is 0.376 e. The zero-order chi connectivity index (χ0) is 15.5. The Morgan fingerprint density at radius 2 is 2.19 bits per heavy atom. The van der Waals surface area contributed by atoms with Crippen LogP contribution in [0.1, 0.15) is 32.4 Å². The lowest BCUT2D eigenvalue weighted by atomic mass is 10.1. The second-order valence-corrected chi connectivity index (χ2v) is 4.97. The molecule has 0 aliphatic carbocycles. The van der Waals surface area contributed by atoms with Crippen molar-refractivity contribution in [3.8, 4) is 0 Å². The Labute approximate surface area is 121 Å². The first-order valence-corrected chi connectivity index (χ1v) is 6.98. The van der Waals surface area contributed by atoms with E-state index in [1.165, 1.54) is 0 Å². The maximum Gasteiger partial charge on any atom is 0.433 e. The lowest BCUT2D eigenvalue weighted by molar-refractivity contribution is -0.141. The number of halogens is 3. The van der Waals surface area contributed by atoms with Crippen LogP contribution in [-0.4, -0.2) is 35.3 Å². The molecule has 8 heteroatoms. The summed E-state index contributed by atoms with van der Waals surface area (Å²) >= 11 is 0. The van der Waals surface area contributed by atoms with Crippen molar-refractivity contribution in [3.63, 3.8) is 0 Å². The highest BCUT2D eigenvalue weighted by Gasteiger charge is 2.34. The minimum Gasteiger partial charge on any atom is -0.376 e. The van der Waals surface area contributed by atoms with Gasteiger partial charge in [-0.05, 0) is 26.7 Å². The largest absolute Gasteiger partial charge is 0.433 e.